The van der Waals surface area contributed by atoms with Crippen LogP contribution in [0.1, 0.15) is 19.3 Å². The maximum absolute atomic E-state index is 12.3. The zero-order valence-corrected chi connectivity index (χ0v) is 14.9. The van der Waals surface area contributed by atoms with E-state index in [2.05, 4.69) is 10.2 Å². The van der Waals surface area contributed by atoms with Crippen LogP contribution in [-0.4, -0.2) is 63.7 Å². The van der Waals surface area contributed by atoms with Gasteiger partial charge in [0.2, 0.25) is 5.91 Å². The molecule has 7 heteroatoms. The molecular formula is C18H26N2O5. The van der Waals surface area contributed by atoms with E-state index in [1.54, 1.807) is 32.4 Å². The molecule has 0 aromatic heterocycles. The molecule has 1 amide bonds. The standard InChI is InChI=1S/C18H26N2O5/c1-22-14-3-4-15(16(13-14)23-2)19-17(21)5-8-20-9-6-18(7-10-20)24-11-12-25-18/h3-4,13H,5-12H2,1-2H3,(H,19,21). The quantitative estimate of drug-likeness (QED) is 0.845. The number of benzene rings is 1. The van der Waals surface area contributed by atoms with Crippen molar-refractivity contribution in [2.75, 3.05) is 52.4 Å². The molecule has 1 spiro atoms. The van der Waals surface area contributed by atoms with E-state index in [1.807, 2.05) is 0 Å². The molecule has 1 aromatic carbocycles. The fourth-order valence-electron chi connectivity index (χ4n) is 3.28. The third kappa shape index (κ3) is 4.42. The lowest BCUT2D eigenvalue weighted by Gasteiger charge is -2.37. The van der Waals surface area contributed by atoms with Crippen LogP contribution in [0.5, 0.6) is 11.5 Å². The molecule has 0 saturated carbocycles. The third-order valence-electron chi connectivity index (χ3n) is 4.77. The summed E-state index contributed by atoms with van der Waals surface area (Å²) in [6.07, 6.45) is 2.16. The van der Waals surface area contributed by atoms with E-state index in [0.29, 0.717) is 36.8 Å². The number of anilines is 1. The highest BCUT2D eigenvalue weighted by atomic mass is 16.7. The summed E-state index contributed by atoms with van der Waals surface area (Å²) in [6, 6.07) is 5.33. The number of carbonyl (C=O) groups excluding carboxylic acids is 1. The fraction of sp³-hybridized carbons (Fsp3) is 0.611. The van der Waals surface area contributed by atoms with Crippen molar-refractivity contribution in [2.24, 2.45) is 0 Å². The second-order valence-electron chi connectivity index (χ2n) is 6.31. The maximum atomic E-state index is 12.3. The van der Waals surface area contributed by atoms with Crippen LogP contribution in [0.2, 0.25) is 0 Å². The lowest BCUT2D eigenvalue weighted by atomic mass is 10.0. The van der Waals surface area contributed by atoms with Gasteiger partial charge in [0.15, 0.2) is 5.79 Å². The third-order valence-corrected chi connectivity index (χ3v) is 4.77. The monoisotopic (exact) mass is 350 g/mol. The van der Waals surface area contributed by atoms with Gasteiger partial charge in [0.1, 0.15) is 11.5 Å². The van der Waals surface area contributed by atoms with E-state index >= 15 is 0 Å². The molecule has 1 N–H and O–H groups in total. The van der Waals surface area contributed by atoms with Crippen LogP contribution in [0.3, 0.4) is 0 Å². The van der Waals surface area contributed by atoms with E-state index < -0.39 is 0 Å². The fourth-order valence-corrected chi connectivity index (χ4v) is 3.28. The molecule has 2 aliphatic heterocycles. The van der Waals surface area contributed by atoms with Gasteiger partial charge in [0, 0.05) is 45.0 Å². The van der Waals surface area contributed by atoms with Gasteiger partial charge >= 0.3 is 0 Å². The van der Waals surface area contributed by atoms with Crippen molar-refractivity contribution in [1.82, 2.24) is 4.90 Å². The van der Waals surface area contributed by atoms with Crippen molar-refractivity contribution in [3.05, 3.63) is 18.2 Å². The minimum absolute atomic E-state index is 0.0304. The first-order valence-corrected chi connectivity index (χ1v) is 8.66. The van der Waals surface area contributed by atoms with Crippen LogP contribution in [0, 0.1) is 0 Å². The minimum atomic E-state index is -0.366. The number of amides is 1. The predicted octanol–water partition coefficient (Wildman–Crippen LogP) is 1.87. The highest BCUT2D eigenvalue weighted by Crippen LogP contribution is 2.31. The van der Waals surface area contributed by atoms with E-state index in [0.717, 1.165) is 32.5 Å². The van der Waals surface area contributed by atoms with Crippen LogP contribution in [0.25, 0.3) is 0 Å². The Kier molecular flexibility index (Phi) is 5.78. The largest absolute Gasteiger partial charge is 0.497 e. The van der Waals surface area contributed by atoms with Crippen molar-refractivity contribution in [1.29, 1.82) is 0 Å². The average Bonchev–Trinajstić information content (AvgIpc) is 3.10. The van der Waals surface area contributed by atoms with Gasteiger partial charge in [-0.2, -0.15) is 0 Å². The molecule has 0 bridgehead atoms. The van der Waals surface area contributed by atoms with Crippen LogP contribution >= 0.6 is 0 Å². The maximum Gasteiger partial charge on any atom is 0.225 e. The van der Waals surface area contributed by atoms with Crippen LogP contribution in [-0.2, 0) is 14.3 Å². The topological polar surface area (TPSA) is 69.3 Å². The first kappa shape index (κ1) is 18.0. The Morgan fingerprint density at radius 3 is 2.56 bits per heavy atom. The highest BCUT2D eigenvalue weighted by Gasteiger charge is 2.39. The SMILES string of the molecule is COc1ccc(NC(=O)CCN2CCC3(CC2)OCCO3)c(OC)c1. The predicted molar refractivity (Wildman–Crippen MR) is 93.1 cm³/mol. The molecule has 0 aliphatic carbocycles. The summed E-state index contributed by atoms with van der Waals surface area (Å²) < 4.78 is 21.9. The van der Waals surface area contributed by atoms with Crippen molar-refractivity contribution in [2.45, 2.75) is 25.0 Å². The molecule has 138 valence electrons. The zero-order chi connectivity index (χ0) is 17.7. The minimum Gasteiger partial charge on any atom is -0.497 e. The van der Waals surface area contributed by atoms with Crippen molar-refractivity contribution >= 4 is 11.6 Å². The average molecular weight is 350 g/mol. The number of hydrogen-bond acceptors (Lipinski definition) is 6. The molecule has 2 heterocycles. The van der Waals surface area contributed by atoms with Gasteiger partial charge in [-0.15, -0.1) is 0 Å². The van der Waals surface area contributed by atoms with Crippen LogP contribution in [0.15, 0.2) is 18.2 Å². The number of nitrogens with zero attached hydrogens (tertiary/aromatic N) is 1. The van der Waals surface area contributed by atoms with Gasteiger partial charge in [-0.05, 0) is 12.1 Å². The Hall–Kier alpha value is -1.83. The summed E-state index contributed by atoms with van der Waals surface area (Å²) >= 11 is 0. The Labute approximate surface area is 148 Å². The molecule has 2 aliphatic rings. The number of piperidine rings is 1. The molecule has 3 rings (SSSR count). The molecule has 0 radical (unpaired) electrons. The Balaban J connectivity index is 1.45. The number of hydrogen-bond donors (Lipinski definition) is 1. The second-order valence-corrected chi connectivity index (χ2v) is 6.31. The highest BCUT2D eigenvalue weighted by molar-refractivity contribution is 5.92. The summed E-state index contributed by atoms with van der Waals surface area (Å²) in [7, 11) is 3.17. The summed E-state index contributed by atoms with van der Waals surface area (Å²) in [5, 5.41) is 2.91. The molecule has 2 saturated heterocycles. The summed E-state index contributed by atoms with van der Waals surface area (Å²) in [5.74, 6) is 0.878. The first-order valence-electron chi connectivity index (χ1n) is 8.66. The molecule has 7 nitrogen and oxygen atoms in total. The van der Waals surface area contributed by atoms with Crippen molar-refractivity contribution < 1.29 is 23.7 Å². The van der Waals surface area contributed by atoms with Gasteiger partial charge in [0.25, 0.3) is 0 Å². The Bertz CT molecular complexity index is 591. The number of nitrogens with one attached hydrogen (secondary N) is 1. The molecule has 1 aromatic rings. The van der Waals surface area contributed by atoms with Gasteiger partial charge in [-0.25, -0.2) is 0 Å². The van der Waals surface area contributed by atoms with Gasteiger partial charge < -0.3 is 29.2 Å². The van der Waals surface area contributed by atoms with Crippen molar-refractivity contribution in [3.8, 4) is 11.5 Å². The van der Waals surface area contributed by atoms with Gasteiger partial charge in [-0.3, -0.25) is 4.79 Å². The number of carbonyl (C=O) groups is 1. The van der Waals surface area contributed by atoms with Crippen LogP contribution in [0.4, 0.5) is 5.69 Å². The van der Waals surface area contributed by atoms with Gasteiger partial charge in [0.05, 0.1) is 33.1 Å². The molecule has 25 heavy (non-hydrogen) atoms. The summed E-state index contributed by atoms with van der Waals surface area (Å²) in [6.45, 7) is 3.87. The van der Waals surface area contributed by atoms with Gasteiger partial charge in [-0.1, -0.05) is 0 Å². The number of likely N-dealkylation sites (tertiary alicyclic amines) is 1. The molecule has 2 fully saturated rings. The first-order chi connectivity index (χ1) is 12.1. The van der Waals surface area contributed by atoms with E-state index in [9.17, 15) is 4.79 Å². The lowest BCUT2D eigenvalue weighted by molar-refractivity contribution is -0.185. The normalized spacial score (nSPS) is 19.8. The summed E-state index contributed by atoms with van der Waals surface area (Å²) in [5.41, 5.74) is 0.652. The van der Waals surface area contributed by atoms with E-state index in [-0.39, 0.29) is 11.7 Å². The number of methoxy groups -OCH3 is 2. The number of rotatable bonds is 6. The molecule has 0 atom stereocenters. The zero-order valence-electron chi connectivity index (χ0n) is 14.9. The van der Waals surface area contributed by atoms with E-state index in [4.69, 9.17) is 18.9 Å². The molecular weight excluding hydrogens is 324 g/mol. The summed E-state index contributed by atoms with van der Waals surface area (Å²) in [4.78, 5) is 14.5. The second kappa shape index (κ2) is 8.03. The Morgan fingerprint density at radius 2 is 1.92 bits per heavy atom. The van der Waals surface area contributed by atoms with Crippen LogP contribution < -0.4 is 14.8 Å². The number of ether oxygens (including phenoxy) is 4. The van der Waals surface area contributed by atoms with Crippen molar-refractivity contribution in [3.63, 3.8) is 0 Å². The van der Waals surface area contributed by atoms with E-state index in [1.165, 1.54) is 0 Å². The lowest BCUT2D eigenvalue weighted by Crippen LogP contribution is -2.45. The smallest absolute Gasteiger partial charge is 0.225 e. The molecule has 0 unspecified atom stereocenters. The Morgan fingerprint density at radius 1 is 1.20 bits per heavy atom.